The lowest BCUT2D eigenvalue weighted by molar-refractivity contribution is 0.0894. The molecule has 0 saturated heterocycles. The maximum atomic E-state index is 13.9. The molecular formula is C24H26ClFN4O3. The van der Waals surface area contributed by atoms with E-state index in [4.69, 9.17) is 11.6 Å². The van der Waals surface area contributed by atoms with Crippen LogP contribution >= 0.6 is 11.6 Å². The molecule has 33 heavy (non-hydrogen) atoms. The number of aromatic nitrogens is 2. The molecule has 3 aromatic rings. The van der Waals surface area contributed by atoms with Gasteiger partial charge in [0.2, 0.25) is 0 Å². The van der Waals surface area contributed by atoms with Gasteiger partial charge in [-0.3, -0.25) is 9.59 Å². The minimum absolute atomic E-state index is 0.0527. The highest BCUT2D eigenvalue weighted by Gasteiger charge is 2.22. The molecule has 1 amide bonds. The van der Waals surface area contributed by atoms with E-state index in [0.29, 0.717) is 16.3 Å². The summed E-state index contributed by atoms with van der Waals surface area (Å²) in [6, 6.07) is 11.5. The first-order valence-electron chi connectivity index (χ1n) is 10.4. The first kappa shape index (κ1) is 24.4. The van der Waals surface area contributed by atoms with Crippen molar-refractivity contribution in [2.45, 2.75) is 19.9 Å². The standard InChI is InChI=1S/C24H26ClFN4O3/c1-14(2)21(13-31)27-23(32)18-12-20(15-8-9-22(29(3)4)19(25)10-15)28-30(24(18)33)17-7-5-6-16(26)11-17/h5-12,14,21,31H,13H2,1-4H3,(H,27,32). The molecular weight excluding hydrogens is 447 g/mol. The number of hydrogen-bond donors (Lipinski definition) is 2. The Balaban J connectivity index is 2.19. The largest absolute Gasteiger partial charge is 0.394 e. The van der Waals surface area contributed by atoms with Crippen LogP contribution in [0.25, 0.3) is 16.9 Å². The number of hydrogen-bond acceptors (Lipinski definition) is 5. The quantitative estimate of drug-likeness (QED) is 0.549. The summed E-state index contributed by atoms with van der Waals surface area (Å²) in [6.45, 7) is 3.41. The smallest absolute Gasteiger partial charge is 0.284 e. The molecule has 1 atom stereocenters. The molecule has 0 spiro atoms. The van der Waals surface area contributed by atoms with Crippen molar-refractivity contribution < 1.29 is 14.3 Å². The number of amides is 1. The number of nitrogens with one attached hydrogen (secondary N) is 1. The van der Waals surface area contributed by atoms with Gasteiger partial charge in [-0.1, -0.05) is 37.6 Å². The maximum Gasteiger partial charge on any atom is 0.284 e. The Morgan fingerprint density at radius 2 is 1.94 bits per heavy atom. The number of halogens is 2. The van der Waals surface area contributed by atoms with Crippen LogP contribution in [0.5, 0.6) is 0 Å². The third kappa shape index (κ3) is 5.40. The molecule has 1 heterocycles. The number of rotatable bonds is 7. The van der Waals surface area contributed by atoms with Crippen LogP contribution in [0.1, 0.15) is 24.2 Å². The summed E-state index contributed by atoms with van der Waals surface area (Å²) >= 11 is 6.41. The van der Waals surface area contributed by atoms with E-state index in [9.17, 15) is 19.1 Å². The van der Waals surface area contributed by atoms with E-state index in [2.05, 4.69) is 10.4 Å². The molecule has 0 aliphatic rings. The molecule has 7 nitrogen and oxygen atoms in total. The first-order chi connectivity index (χ1) is 15.6. The number of aliphatic hydroxyl groups is 1. The normalized spacial score (nSPS) is 12.0. The molecule has 1 aromatic heterocycles. The van der Waals surface area contributed by atoms with E-state index < -0.39 is 23.3 Å². The van der Waals surface area contributed by atoms with Crippen LogP contribution in [0.2, 0.25) is 5.02 Å². The predicted molar refractivity (Wildman–Crippen MR) is 128 cm³/mol. The first-order valence-corrected chi connectivity index (χ1v) is 10.8. The van der Waals surface area contributed by atoms with Crippen molar-refractivity contribution in [3.05, 3.63) is 75.3 Å². The summed E-state index contributed by atoms with van der Waals surface area (Å²) < 4.78 is 14.9. The summed E-state index contributed by atoms with van der Waals surface area (Å²) in [4.78, 5) is 28.0. The minimum Gasteiger partial charge on any atom is -0.394 e. The molecule has 1 unspecified atom stereocenters. The third-order valence-electron chi connectivity index (χ3n) is 5.25. The molecule has 0 saturated carbocycles. The molecule has 0 fully saturated rings. The van der Waals surface area contributed by atoms with E-state index in [0.717, 1.165) is 16.4 Å². The molecule has 0 radical (unpaired) electrons. The molecule has 174 valence electrons. The number of anilines is 1. The zero-order valence-corrected chi connectivity index (χ0v) is 19.6. The summed E-state index contributed by atoms with van der Waals surface area (Å²) in [7, 11) is 3.72. The van der Waals surface area contributed by atoms with Gasteiger partial charge in [-0.25, -0.2) is 4.39 Å². The average molecular weight is 473 g/mol. The summed E-state index contributed by atoms with van der Waals surface area (Å²) in [5.74, 6) is -1.25. The topological polar surface area (TPSA) is 87.5 Å². The van der Waals surface area contributed by atoms with Crippen LogP contribution in [0.3, 0.4) is 0 Å². The fourth-order valence-corrected chi connectivity index (χ4v) is 3.63. The van der Waals surface area contributed by atoms with Crippen molar-refractivity contribution in [1.82, 2.24) is 15.1 Å². The fraction of sp³-hybridized carbons (Fsp3) is 0.292. The maximum absolute atomic E-state index is 13.9. The molecule has 0 bridgehead atoms. The van der Waals surface area contributed by atoms with Crippen LogP contribution < -0.4 is 15.8 Å². The van der Waals surface area contributed by atoms with Gasteiger partial charge in [0.15, 0.2) is 0 Å². The number of nitrogens with zero attached hydrogens (tertiary/aromatic N) is 3. The number of benzene rings is 2. The van der Waals surface area contributed by atoms with Crippen LogP contribution in [0.15, 0.2) is 53.3 Å². The highest BCUT2D eigenvalue weighted by Crippen LogP contribution is 2.29. The Morgan fingerprint density at radius 3 is 2.52 bits per heavy atom. The van der Waals surface area contributed by atoms with Crippen molar-refractivity contribution in [3.8, 4) is 16.9 Å². The van der Waals surface area contributed by atoms with Gasteiger partial charge in [-0.05, 0) is 42.3 Å². The molecule has 0 aliphatic carbocycles. The highest BCUT2D eigenvalue weighted by molar-refractivity contribution is 6.33. The molecule has 0 aliphatic heterocycles. The fourth-order valence-electron chi connectivity index (χ4n) is 3.28. The van der Waals surface area contributed by atoms with Crippen molar-refractivity contribution >= 4 is 23.2 Å². The molecule has 3 rings (SSSR count). The summed E-state index contributed by atoms with van der Waals surface area (Å²) in [6.07, 6.45) is 0. The van der Waals surface area contributed by atoms with Crippen molar-refractivity contribution in [2.75, 3.05) is 25.6 Å². The van der Waals surface area contributed by atoms with Crippen LogP contribution in [-0.4, -0.2) is 47.5 Å². The van der Waals surface area contributed by atoms with E-state index in [1.165, 1.54) is 24.3 Å². The zero-order valence-electron chi connectivity index (χ0n) is 18.8. The lowest BCUT2D eigenvalue weighted by Crippen LogP contribution is -2.43. The van der Waals surface area contributed by atoms with Gasteiger partial charge < -0.3 is 15.3 Å². The monoisotopic (exact) mass is 472 g/mol. The minimum atomic E-state index is -0.710. The Hall–Kier alpha value is -3.23. The van der Waals surface area contributed by atoms with Gasteiger partial charge in [-0.2, -0.15) is 9.78 Å². The second kappa shape index (κ2) is 10.1. The van der Waals surface area contributed by atoms with Gasteiger partial charge >= 0.3 is 0 Å². The number of carbonyl (C=O) groups excluding carboxylic acids is 1. The average Bonchev–Trinajstić information content (AvgIpc) is 2.76. The highest BCUT2D eigenvalue weighted by atomic mass is 35.5. The second-order valence-electron chi connectivity index (χ2n) is 8.21. The van der Waals surface area contributed by atoms with Gasteiger partial charge in [0, 0.05) is 19.7 Å². The summed E-state index contributed by atoms with van der Waals surface area (Å²) in [5, 5.41) is 17.1. The SMILES string of the molecule is CC(C)C(CO)NC(=O)c1cc(-c2ccc(N(C)C)c(Cl)c2)nn(-c2cccc(F)c2)c1=O. The Labute approximate surface area is 196 Å². The molecule has 2 N–H and O–H groups in total. The van der Waals surface area contributed by atoms with Gasteiger partial charge in [0.1, 0.15) is 11.4 Å². The Bertz CT molecular complexity index is 1230. The van der Waals surface area contributed by atoms with E-state index in [1.807, 2.05) is 32.8 Å². The third-order valence-corrected chi connectivity index (χ3v) is 5.55. The van der Waals surface area contributed by atoms with Gasteiger partial charge in [0.25, 0.3) is 11.5 Å². The van der Waals surface area contributed by atoms with Gasteiger partial charge in [0.05, 0.1) is 34.7 Å². The lowest BCUT2D eigenvalue weighted by Gasteiger charge is -2.20. The second-order valence-corrected chi connectivity index (χ2v) is 8.61. The lowest BCUT2D eigenvalue weighted by atomic mass is 10.0. The predicted octanol–water partition coefficient (Wildman–Crippen LogP) is 3.50. The Morgan fingerprint density at radius 1 is 1.21 bits per heavy atom. The number of carbonyl (C=O) groups is 1. The van der Waals surface area contributed by atoms with Crippen molar-refractivity contribution in [3.63, 3.8) is 0 Å². The van der Waals surface area contributed by atoms with Gasteiger partial charge in [-0.15, -0.1) is 0 Å². The van der Waals surface area contributed by atoms with Crippen LogP contribution in [0, 0.1) is 11.7 Å². The van der Waals surface area contributed by atoms with E-state index in [-0.39, 0.29) is 23.8 Å². The Kier molecular flexibility index (Phi) is 7.50. The number of aliphatic hydroxyl groups excluding tert-OH is 1. The zero-order chi connectivity index (χ0) is 24.3. The van der Waals surface area contributed by atoms with Crippen LogP contribution in [-0.2, 0) is 0 Å². The van der Waals surface area contributed by atoms with E-state index in [1.54, 1.807) is 18.2 Å². The molecule has 9 heteroatoms. The summed E-state index contributed by atoms with van der Waals surface area (Å²) in [5.41, 5.74) is 0.956. The molecule has 2 aromatic carbocycles. The van der Waals surface area contributed by atoms with E-state index >= 15 is 0 Å². The van der Waals surface area contributed by atoms with Crippen molar-refractivity contribution in [1.29, 1.82) is 0 Å². The van der Waals surface area contributed by atoms with Crippen molar-refractivity contribution in [2.24, 2.45) is 5.92 Å². The van der Waals surface area contributed by atoms with Crippen LogP contribution in [0.4, 0.5) is 10.1 Å².